The maximum absolute atomic E-state index is 13.3. The number of aliphatic hydroxyl groups excluding tert-OH is 1. The molecule has 0 aliphatic carbocycles. The van der Waals surface area contributed by atoms with Crippen LogP contribution in [-0.4, -0.2) is 33.2 Å². The van der Waals surface area contributed by atoms with Crippen LogP contribution in [0.4, 0.5) is 13.2 Å². The zero-order valence-corrected chi connectivity index (χ0v) is 13.8. The van der Waals surface area contributed by atoms with Crippen LogP contribution in [0, 0.1) is 0 Å². The van der Waals surface area contributed by atoms with Gasteiger partial charge in [0, 0.05) is 12.7 Å². The summed E-state index contributed by atoms with van der Waals surface area (Å²) < 4.78 is 47.2. The van der Waals surface area contributed by atoms with Gasteiger partial charge < -0.3 is 14.4 Å². The number of fused-ring (bicyclic) bond motifs is 1. The van der Waals surface area contributed by atoms with E-state index < -0.39 is 22.7 Å². The molecule has 3 rings (SSSR count). The van der Waals surface area contributed by atoms with Crippen molar-refractivity contribution in [3.8, 4) is 5.75 Å². The minimum Gasteiger partial charge on any atom is -0.497 e. The average Bonchev–Trinajstić information content (AvgIpc) is 2.98. The van der Waals surface area contributed by atoms with Gasteiger partial charge in [0.15, 0.2) is 0 Å². The number of aliphatic hydroxyl groups is 1. The van der Waals surface area contributed by atoms with E-state index >= 15 is 0 Å². The lowest BCUT2D eigenvalue weighted by Crippen LogP contribution is -2.24. The fourth-order valence-electron chi connectivity index (χ4n) is 2.77. The molecule has 1 aromatic carbocycles. The number of hydrogen-bond donors (Lipinski definition) is 1. The Hall–Kier alpha value is -2.81. The van der Waals surface area contributed by atoms with E-state index in [2.05, 4.69) is 5.10 Å². The number of methoxy groups -OCH3 is 1. The van der Waals surface area contributed by atoms with Gasteiger partial charge in [-0.15, -0.1) is 0 Å². The van der Waals surface area contributed by atoms with Crippen LogP contribution in [-0.2, 0) is 19.3 Å². The normalized spacial score (nSPS) is 11.9. The Bertz CT molecular complexity index is 975. The number of rotatable bonds is 5. The summed E-state index contributed by atoms with van der Waals surface area (Å²) in [6, 6.07) is 6.80. The van der Waals surface area contributed by atoms with Crippen molar-refractivity contribution in [2.45, 2.75) is 19.3 Å². The Labute approximate surface area is 146 Å². The number of nitrogens with zero attached hydrogens (tertiary/aromatic N) is 3. The van der Waals surface area contributed by atoms with Crippen LogP contribution >= 0.6 is 0 Å². The van der Waals surface area contributed by atoms with Crippen molar-refractivity contribution in [3.05, 3.63) is 58.1 Å². The lowest BCUT2D eigenvalue weighted by atomic mass is 10.2. The van der Waals surface area contributed by atoms with Crippen LogP contribution in [0.1, 0.15) is 11.1 Å². The molecule has 0 aliphatic heterocycles. The van der Waals surface area contributed by atoms with E-state index in [1.165, 1.54) is 17.9 Å². The maximum atomic E-state index is 13.3. The molecule has 2 aromatic heterocycles. The molecular weight excluding hydrogens is 351 g/mol. The lowest BCUT2D eigenvalue weighted by molar-refractivity contribution is -0.136. The molecule has 0 unspecified atom stereocenters. The van der Waals surface area contributed by atoms with Crippen LogP contribution in [0.2, 0.25) is 0 Å². The SMILES string of the molecule is COc1ccc(Cn2ncc3c(c(C(F)(F)F)cn3CCO)c2=O)cc1. The first-order valence-electron chi connectivity index (χ1n) is 7.75. The van der Waals surface area contributed by atoms with Crippen LogP contribution in [0.5, 0.6) is 5.75 Å². The zero-order chi connectivity index (χ0) is 18.9. The third kappa shape index (κ3) is 3.30. The number of halogens is 3. The van der Waals surface area contributed by atoms with Crippen molar-refractivity contribution >= 4 is 10.9 Å². The van der Waals surface area contributed by atoms with Gasteiger partial charge in [0.1, 0.15) is 5.75 Å². The van der Waals surface area contributed by atoms with Crippen molar-refractivity contribution in [1.82, 2.24) is 14.3 Å². The minimum absolute atomic E-state index is 0.0290. The highest BCUT2D eigenvalue weighted by molar-refractivity contribution is 5.82. The number of alkyl halides is 3. The molecule has 0 saturated heterocycles. The van der Waals surface area contributed by atoms with Crippen molar-refractivity contribution in [1.29, 1.82) is 0 Å². The summed E-state index contributed by atoms with van der Waals surface area (Å²) in [6.07, 6.45) is -2.63. The molecule has 0 radical (unpaired) electrons. The summed E-state index contributed by atoms with van der Waals surface area (Å²) in [6.45, 7) is -0.381. The molecule has 0 aliphatic rings. The average molecular weight is 367 g/mol. The molecular formula is C17H16F3N3O3. The monoisotopic (exact) mass is 367 g/mol. The molecule has 0 spiro atoms. The van der Waals surface area contributed by atoms with Crippen LogP contribution in [0.25, 0.3) is 10.9 Å². The van der Waals surface area contributed by atoms with E-state index in [1.807, 2.05) is 0 Å². The van der Waals surface area contributed by atoms with Gasteiger partial charge in [0.05, 0.1) is 42.9 Å². The van der Waals surface area contributed by atoms with E-state index in [9.17, 15) is 18.0 Å². The Balaban J connectivity index is 2.10. The molecule has 2 heterocycles. The first-order valence-corrected chi connectivity index (χ1v) is 7.75. The van der Waals surface area contributed by atoms with Gasteiger partial charge in [0.25, 0.3) is 5.56 Å². The van der Waals surface area contributed by atoms with E-state index in [-0.39, 0.29) is 25.2 Å². The first-order chi connectivity index (χ1) is 12.3. The van der Waals surface area contributed by atoms with E-state index in [0.29, 0.717) is 11.3 Å². The van der Waals surface area contributed by atoms with Crippen LogP contribution in [0.3, 0.4) is 0 Å². The summed E-state index contributed by atoms with van der Waals surface area (Å²) in [4.78, 5) is 12.6. The Morgan fingerprint density at radius 3 is 2.50 bits per heavy atom. The number of aromatic nitrogens is 3. The largest absolute Gasteiger partial charge is 0.497 e. The second-order valence-corrected chi connectivity index (χ2v) is 5.67. The number of ether oxygens (including phenoxy) is 1. The highest BCUT2D eigenvalue weighted by Gasteiger charge is 2.36. The zero-order valence-electron chi connectivity index (χ0n) is 13.8. The summed E-state index contributed by atoms with van der Waals surface area (Å²) >= 11 is 0. The van der Waals surface area contributed by atoms with Gasteiger partial charge in [-0.25, -0.2) is 4.68 Å². The van der Waals surface area contributed by atoms with Crippen LogP contribution < -0.4 is 10.3 Å². The van der Waals surface area contributed by atoms with Crippen molar-refractivity contribution in [2.75, 3.05) is 13.7 Å². The number of hydrogen-bond acceptors (Lipinski definition) is 4. The topological polar surface area (TPSA) is 69.3 Å². The van der Waals surface area contributed by atoms with E-state index in [4.69, 9.17) is 9.84 Å². The quantitative estimate of drug-likeness (QED) is 0.751. The molecule has 138 valence electrons. The highest BCUT2D eigenvalue weighted by Crippen LogP contribution is 2.34. The Kier molecular flexibility index (Phi) is 4.73. The maximum Gasteiger partial charge on any atom is 0.418 e. The third-order valence-electron chi connectivity index (χ3n) is 4.03. The van der Waals surface area contributed by atoms with Crippen molar-refractivity contribution < 1.29 is 23.0 Å². The Morgan fingerprint density at radius 1 is 1.23 bits per heavy atom. The molecule has 0 bridgehead atoms. The molecule has 9 heteroatoms. The minimum atomic E-state index is -4.68. The Morgan fingerprint density at radius 2 is 1.92 bits per heavy atom. The second kappa shape index (κ2) is 6.83. The standard InChI is InChI=1S/C17H16F3N3O3/c1-26-12-4-2-11(3-5-12)9-23-16(25)15-13(17(18,19)20)10-22(6-7-24)14(15)8-21-23/h2-5,8,10,24H,6-7,9H2,1H3. The summed E-state index contributed by atoms with van der Waals surface area (Å²) in [7, 11) is 1.52. The molecule has 26 heavy (non-hydrogen) atoms. The predicted octanol–water partition coefficient (Wildman–Crippen LogP) is 2.27. The lowest BCUT2D eigenvalue weighted by Gasteiger charge is -2.08. The van der Waals surface area contributed by atoms with E-state index in [0.717, 1.165) is 10.9 Å². The molecule has 0 atom stereocenters. The first kappa shape index (κ1) is 18.0. The van der Waals surface area contributed by atoms with E-state index in [1.54, 1.807) is 24.3 Å². The van der Waals surface area contributed by atoms with Gasteiger partial charge in [-0.2, -0.15) is 18.3 Å². The summed E-state index contributed by atoms with van der Waals surface area (Å²) in [5.74, 6) is 0.630. The second-order valence-electron chi connectivity index (χ2n) is 5.67. The molecule has 3 aromatic rings. The third-order valence-corrected chi connectivity index (χ3v) is 4.03. The van der Waals surface area contributed by atoms with Gasteiger partial charge in [-0.3, -0.25) is 4.79 Å². The fraction of sp³-hybridized carbons (Fsp3) is 0.294. The van der Waals surface area contributed by atoms with Gasteiger partial charge in [-0.05, 0) is 17.7 Å². The molecule has 0 amide bonds. The summed E-state index contributed by atoms with van der Waals surface area (Å²) in [5.41, 5.74) is -1.12. The fourth-order valence-corrected chi connectivity index (χ4v) is 2.77. The predicted molar refractivity (Wildman–Crippen MR) is 88.2 cm³/mol. The molecule has 1 N–H and O–H groups in total. The smallest absolute Gasteiger partial charge is 0.418 e. The van der Waals surface area contributed by atoms with Crippen molar-refractivity contribution in [2.24, 2.45) is 0 Å². The summed E-state index contributed by atoms with van der Waals surface area (Å²) in [5, 5.41) is 12.6. The molecule has 0 fully saturated rings. The van der Waals surface area contributed by atoms with Gasteiger partial charge >= 0.3 is 6.18 Å². The van der Waals surface area contributed by atoms with Crippen molar-refractivity contribution in [3.63, 3.8) is 0 Å². The van der Waals surface area contributed by atoms with Gasteiger partial charge in [0.2, 0.25) is 0 Å². The molecule has 6 nitrogen and oxygen atoms in total. The van der Waals surface area contributed by atoms with Gasteiger partial charge in [-0.1, -0.05) is 12.1 Å². The van der Waals surface area contributed by atoms with Crippen LogP contribution in [0.15, 0.2) is 41.5 Å². The molecule has 0 saturated carbocycles. The highest BCUT2D eigenvalue weighted by atomic mass is 19.4. The number of benzene rings is 1.